The normalized spacial score (nSPS) is 11.0. The van der Waals surface area contributed by atoms with Crippen LogP contribution in [0.3, 0.4) is 0 Å². The van der Waals surface area contributed by atoms with Gasteiger partial charge in [-0.15, -0.1) is 0 Å². The van der Waals surface area contributed by atoms with Gasteiger partial charge in [-0.25, -0.2) is 0 Å². The second-order valence-corrected chi connectivity index (χ2v) is 7.16. The lowest BCUT2D eigenvalue weighted by atomic mass is 9.99. The van der Waals surface area contributed by atoms with Gasteiger partial charge in [0.25, 0.3) is 28.4 Å². The molecule has 186 valence electrons. The van der Waals surface area contributed by atoms with Crippen LogP contribution in [0.1, 0.15) is 22.3 Å². The summed E-state index contributed by atoms with van der Waals surface area (Å²) in [5.74, 6) is 0. The molecule has 0 aliphatic heterocycles. The molecular weight excluding hydrogens is 494 g/mol. The van der Waals surface area contributed by atoms with Crippen LogP contribution in [0.15, 0.2) is 54.6 Å². The minimum absolute atomic E-state index is 0.0357. The quantitative estimate of drug-likeness (QED) is 0.199. The van der Waals surface area contributed by atoms with Crippen molar-refractivity contribution in [2.45, 2.75) is 0 Å². The standard InChI is InChI=1S/C22H13N5O10/c28-23(29)18-7-3-1-5-14(18)9-11-16-20(25(32)33)13-21(26(34)35)17(22(16)27(36)37)12-10-15-6-2-4-8-19(15)24(30)31/h1-13H/b11-9+,12-10+. The van der Waals surface area contributed by atoms with Crippen LogP contribution in [0.25, 0.3) is 24.3 Å². The average Bonchev–Trinajstić information content (AvgIpc) is 2.85. The lowest BCUT2D eigenvalue weighted by Gasteiger charge is -2.06. The molecule has 0 aliphatic carbocycles. The van der Waals surface area contributed by atoms with Crippen LogP contribution in [0.4, 0.5) is 28.4 Å². The SMILES string of the molecule is O=[N+]([O-])c1ccccc1/C=C/c1c([N+](=O)[O-])cc([N+](=O)[O-])c(/C=C/c2ccccc2[N+](=O)[O-])c1[N+](=O)[O-]. The summed E-state index contributed by atoms with van der Waals surface area (Å²) in [4.78, 5) is 53.3. The summed E-state index contributed by atoms with van der Waals surface area (Å²) in [5.41, 5.74) is -5.19. The number of hydrogen-bond donors (Lipinski definition) is 0. The van der Waals surface area contributed by atoms with E-state index in [0.29, 0.717) is 6.07 Å². The Morgan fingerprint density at radius 3 is 1.14 bits per heavy atom. The molecule has 0 bridgehead atoms. The van der Waals surface area contributed by atoms with Crippen molar-refractivity contribution in [1.29, 1.82) is 0 Å². The molecule has 3 aromatic carbocycles. The number of nitrogens with zero attached hydrogens (tertiary/aromatic N) is 5. The third-order valence-corrected chi connectivity index (χ3v) is 5.04. The van der Waals surface area contributed by atoms with Crippen LogP contribution in [0, 0.1) is 50.6 Å². The first-order valence-electron chi connectivity index (χ1n) is 10.00. The highest BCUT2D eigenvalue weighted by molar-refractivity contribution is 5.90. The van der Waals surface area contributed by atoms with Crippen LogP contribution < -0.4 is 0 Å². The van der Waals surface area contributed by atoms with Gasteiger partial charge in [0.1, 0.15) is 11.1 Å². The molecule has 0 aromatic heterocycles. The van der Waals surface area contributed by atoms with Crippen molar-refractivity contribution >= 4 is 52.7 Å². The molecule has 37 heavy (non-hydrogen) atoms. The Kier molecular flexibility index (Phi) is 7.38. The van der Waals surface area contributed by atoms with Gasteiger partial charge < -0.3 is 0 Å². The predicted octanol–water partition coefficient (Wildman–Crippen LogP) is 5.57. The van der Waals surface area contributed by atoms with E-state index >= 15 is 0 Å². The summed E-state index contributed by atoms with van der Waals surface area (Å²) in [7, 11) is 0. The molecule has 0 spiro atoms. The van der Waals surface area contributed by atoms with Crippen molar-refractivity contribution < 1.29 is 24.6 Å². The van der Waals surface area contributed by atoms with Crippen molar-refractivity contribution in [3.63, 3.8) is 0 Å². The topological polar surface area (TPSA) is 216 Å². The number of para-hydroxylation sites is 2. The average molecular weight is 507 g/mol. The molecule has 0 unspecified atom stereocenters. The van der Waals surface area contributed by atoms with E-state index in [1.54, 1.807) is 0 Å². The summed E-state index contributed by atoms with van der Waals surface area (Å²) in [6, 6.07) is 11.0. The lowest BCUT2D eigenvalue weighted by molar-refractivity contribution is -0.403. The molecule has 0 N–H and O–H groups in total. The Morgan fingerprint density at radius 2 is 0.811 bits per heavy atom. The first-order chi connectivity index (χ1) is 17.5. The predicted molar refractivity (Wildman–Crippen MR) is 130 cm³/mol. The third kappa shape index (κ3) is 5.46. The van der Waals surface area contributed by atoms with Gasteiger partial charge >= 0.3 is 0 Å². The summed E-state index contributed by atoms with van der Waals surface area (Å²) in [5, 5.41) is 58.0. The number of benzene rings is 3. The smallest absolute Gasteiger partial charge is 0.258 e. The zero-order chi connectivity index (χ0) is 27.3. The van der Waals surface area contributed by atoms with Gasteiger partial charge in [-0.05, 0) is 36.4 Å². The Morgan fingerprint density at radius 1 is 0.459 bits per heavy atom. The van der Waals surface area contributed by atoms with Gasteiger partial charge in [-0.3, -0.25) is 50.6 Å². The molecule has 15 heteroatoms. The Bertz CT molecular complexity index is 1430. The van der Waals surface area contributed by atoms with Crippen molar-refractivity contribution in [3.05, 3.63) is 127 Å². The van der Waals surface area contributed by atoms with Crippen molar-refractivity contribution in [2.75, 3.05) is 0 Å². The number of nitro benzene ring substituents is 5. The van der Waals surface area contributed by atoms with E-state index in [1.807, 2.05) is 0 Å². The fraction of sp³-hybridized carbons (Fsp3) is 0. The fourth-order valence-electron chi connectivity index (χ4n) is 3.44. The molecule has 0 heterocycles. The van der Waals surface area contributed by atoms with Crippen molar-refractivity contribution in [2.24, 2.45) is 0 Å². The summed E-state index contributed by atoms with van der Waals surface area (Å²) >= 11 is 0. The molecule has 0 radical (unpaired) electrons. The largest absolute Gasteiger partial charge is 0.297 e. The molecule has 15 nitrogen and oxygen atoms in total. The minimum atomic E-state index is -1.07. The molecule has 0 aliphatic rings. The van der Waals surface area contributed by atoms with Crippen LogP contribution in [0.2, 0.25) is 0 Å². The van der Waals surface area contributed by atoms with Gasteiger partial charge in [-0.2, -0.15) is 0 Å². The third-order valence-electron chi connectivity index (χ3n) is 5.04. The maximum absolute atomic E-state index is 12.0. The van der Waals surface area contributed by atoms with Gasteiger partial charge in [0.05, 0.1) is 41.8 Å². The monoisotopic (exact) mass is 507 g/mol. The van der Waals surface area contributed by atoms with Crippen molar-refractivity contribution in [3.8, 4) is 0 Å². The van der Waals surface area contributed by atoms with Crippen LogP contribution in [-0.2, 0) is 0 Å². The Hall–Kier alpha value is -5.86. The Balaban J connectivity index is 2.34. The second kappa shape index (κ2) is 10.6. The highest BCUT2D eigenvalue weighted by Crippen LogP contribution is 2.41. The first-order valence-corrected chi connectivity index (χ1v) is 10.00. The number of hydrogen-bond acceptors (Lipinski definition) is 10. The molecular formula is C22H13N5O10. The van der Waals surface area contributed by atoms with Gasteiger partial charge in [0.2, 0.25) is 0 Å². The summed E-state index contributed by atoms with van der Waals surface area (Å²) < 4.78 is 0. The molecule has 0 saturated heterocycles. The maximum Gasteiger partial charge on any atom is 0.297 e. The summed E-state index contributed by atoms with van der Waals surface area (Å²) in [6.45, 7) is 0. The first kappa shape index (κ1) is 25.8. The second-order valence-electron chi connectivity index (χ2n) is 7.16. The lowest BCUT2D eigenvalue weighted by Crippen LogP contribution is -2.04. The molecule has 0 saturated carbocycles. The summed E-state index contributed by atoms with van der Waals surface area (Å²) in [6.07, 6.45) is 3.83. The van der Waals surface area contributed by atoms with Crippen molar-refractivity contribution in [1.82, 2.24) is 0 Å². The van der Waals surface area contributed by atoms with Gasteiger partial charge in [0, 0.05) is 12.1 Å². The van der Waals surface area contributed by atoms with E-state index in [0.717, 1.165) is 36.4 Å². The van der Waals surface area contributed by atoms with Crippen LogP contribution >= 0.6 is 0 Å². The maximum atomic E-state index is 12.0. The molecule has 3 aromatic rings. The van der Waals surface area contributed by atoms with E-state index in [4.69, 9.17) is 0 Å². The molecule has 0 atom stereocenters. The van der Waals surface area contributed by atoms with E-state index in [2.05, 4.69) is 0 Å². The zero-order valence-corrected chi connectivity index (χ0v) is 18.3. The van der Waals surface area contributed by atoms with Crippen LogP contribution in [-0.4, -0.2) is 24.6 Å². The Labute approximate surface area is 205 Å². The van der Waals surface area contributed by atoms with E-state index in [9.17, 15) is 50.6 Å². The van der Waals surface area contributed by atoms with E-state index in [1.165, 1.54) is 36.4 Å². The zero-order valence-electron chi connectivity index (χ0n) is 18.3. The molecule has 3 rings (SSSR count). The molecule has 0 fully saturated rings. The van der Waals surface area contributed by atoms with Gasteiger partial charge in [0.15, 0.2) is 0 Å². The van der Waals surface area contributed by atoms with E-state index < -0.39 is 52.8 Å². The minimum Gasteiger partial charge on any atom is -0.258 e. The van der Waals surface area contributed by atoms with Gasteiger partial charge in [-0.1, -0.05) is 24.3 Å². The highest BCUT2D eigenvalue weighted by atomic mass is 16.6. The van der Waals surface area contributed by atoms with Crippen LogP contribution in [0.5, 0.6) is 0 Å². The fourth-order valence-corrected chi connectivity index (χ4v) is 3.44. The number of rotatable bonds is 9. The highest BCUT2D eigenvalue weighted by Gasteiger charge is 2.34. The van der Waals surface area contributed by atoms with E-state index in [-0.39, 0.29) is 22.5 Å². The molecule has 0 amide bonds. The number of nitro groups is 5.